The highest BCUT2D eigenvalue weighted by Crippen LogP contribution is 2.28. The van der Waals surface area contributed by atoms with Crippen LogP contribution in [0.4, 0.5) is 0 Å². The van der Waals surface area contributed by atoms with E-state index in [4.69, 9.17) is 9.47 Å². The van der Waals surface area contributed by atoms with Crippen LogP contribution >= 0.6 is 0 Å². The second kappa shape index (κ2) is 8.04. The number of allylic oxidation sites excluding steroid dienone is 1. The van der Waals surface area contributed by atoms with Crippen molar-refractivity contribution in [1.82, 2.24) is 0 Å². The number of carbonyl (C=O) groups excluding carboxylic acids is 1. The summed E-state index contributed by atoms with van der Waals surface area (Å²) in [4.78, 5) is 11.0. The van der Waals surface area contributed by atoms with Crippen molar-refractivity contribution in [2.45, 2.75) is 13.8 Å². The zero-order valence-corrected chi connectivity index (χ0v) is 12.3. The molecule has 0 atom stereocenters. The van der Waals surface area contributed by atoms with E-state index in [-0.39, 0.29) is 0 Å². The Morgan fingerprint density at radius 2 is 1.95 bits per heavy atom. The highest BCUT2D eigenvalue weighted by molar-refractivity contribution is 5.87. The summed E-state index contributed by atoms with van der Waals surface area (Å²) in [5.41, 5.74) is 2.03. The highest BCUT2D eigenvalue weighted by atomic mass is 16.5. The third-order valence-electron chi connectivity index (χ3n) is 2.53. The molecule has 4 heteroatoms. The standard InChI is InChI=1S/C16H20O4/c1-12(2)9-10-20-14-7-5-13(11-15(14)18-3)6-8-16(17)19-4/h5-9,11H,10H2,1-4H3. The van der Waals surface area contributed by atoms with Crippen LogP contribution in [-0.2, 0) is 9.53 Å². The van der Waals surface area contributed by atoms with Crippen LogP contribution in [0.25, 0.3) is 6.08 Å². The number of methoxy groups -OCH3 is 2. The van der Waals surface area contributed by atoms with Gasteiger partial charge in [-0.25, -0.2) is 4.79 Å². The fraction of sp³-hybridized carbons (Fsp3) is 0.312. The molecule has 0 bridgehead atoms. The van der Waals surface area contributed by atoms with Crippen molar-refractivity contribution in [2.75, 3.05) is 20.8 Å². The number of benzene rings is 1. The van der Waals surface area contributed by atoms with Gasteiger partial charge in [-0.2, -0.15) is 0 Å². The molecule has 108 valence electrons. The van der Waals surface area contributed by atoms with Crippen molar-refractivity contribution in [2.24, 2.45) is 0 Å². The molecule has 1 rings (SSSR count). The molecule has 0 aliphatic rings. The van der Waals surface area contributed by atoms with Crippen molar-refractivity contribution >= 4 is 12.0 Å². The molecule has 0 aromatic heterocycles. The van der Waals surface area contributed by atoms with Crippen molar-refractivity contribution in [3.8, 4) is 11.5 Å². The predicted octanol–water partition coefficient (Wildman–Crippen LogP) is 3.23. The summed E-state index contributed by atoms with van der Waals surface area (Å²) in [5.74, 6) is 0.896. The lowest BCUT2D eigenvalue weighted by Crippen LogP contribution is -1.97. The van der Waals surface area contributed by atoms with Gasteiger partial charge in [-0.3, -0.25) is 0 Å². The fourth-order valence-electron chi connectivity index (χ4n) is 1.44. The summed E-state index contributed by atoms with van der Waals surface area (Å²) in [6.07, 6.45) is 5.01. The lowest BCUT2D eigenvalue weighted by atomic mass is 10.2. The van der Waals surface area contributed by atoms with Crippen molar-refractivity contribution < 1.29 is 19.0 Å². The molecule has 0 aliphatic heterocycles. The number of rotatable bonds is 6. The van der Waals surface area contributed by atoms with Gasteiger partial charge >= 0.3 is 5.97 Å². The van der Waals surface area contributed by atoms with E-state index in [0.717, 1.165) is 5.56 Å². The Morgan fingerprint density at radius 3 is 2.55 bits per heavy atom. The monoisotopic (exact) mass is 276 g/mol. The lowest BCUT2D eigenvalue weighted by Gasteiger charge is -2.10. The van der Waals surface area contributed by atoms with E-state index in [1.807, 2.05) is 32.1 Å². The number of esters is 1. The van der Waals surface area contributed by atoms with E-state index in [9.17, 15) is 4.79 Å². The molecule has 0 saturated heterocycles. The average Bonchev–Trinajstić information content (AvgIpc) is 2.45. The van der Waals surface area contributed by atoms with Gasteiger partial charge in [0.15, 0.2) is 11.5 Å². The molecule has 0 N–H and O–H groups in total. The minimum atomic E-state index is -0.396. The largest absolute Gasteiger partial charge is 0.493 e. The van der Waals surface area contributed by atoms with Crippen molar-refractivity contribution in [1.29, 1.82) is 0 Å². The maximum atomic E-state index is 11.0. The summed E-state index contributed by atoms with van der Waals surface area (Å²) in [7, 11) is 2.92. The molecule has 20 heavy (non-hydrogen) atoms. The van der Waals surface area contributed by atoms with Crippen LogP contribution < -0.4 is 9.47 Å². The maximum Gasteiger partial charge on any atom is 0.330 e. The SMILES string of the molecule is COC(=O)C=Cc1ccc(OCC=C(C)C)c(OC)c1. The van der Waals surface area contributed by atoms with E-state index in [0.29, 0.717) is 18.1 Å². The molecule has 1 aromatic rings. The first-order chi connectivity index (χ1) is 9.56. The van der Waals surface area contributed by atoms with E-state index >= 15 is 0 Å². The molecule has 0 unspecified atom stereocenters. The minimum Gasteiger partial charge on any atom is -0.493 e. The second-order valence-corrected chi connectivity index (χ2v) is 4.36. The fourth-order valence-corrected chi connectivity index (χ4v) is 1.44. The molecular formula is C16H20O4. The van der Waals surface area contributed by atoms with Crippen LogP contribution in [0.5, 0.6) is 11.5 Å². The van der Waals surface area contributed by atoms with Crippen LogP contribution in [-0.4, -0.2) is 26.8 Å². The van der Waals surface area contributed by atoms with Crippen molar-refractivity contribution in [3.63, 3.8) is 0 Å². The average molecular weight is 276 g/mol. The summed E-state index contributed by atoms with van der Waals surface area (Å²) in [5, 5.41) is 0. The van der Waals surface area contributed by atoms with Gasteiger partial charge in [0.25, 0.3) is 0 Å². The highest BCUT2D eigenvalue weighted by Gasteiger charge is 2.04. The molecule has 0 heterocycles. The van der Waals surface area contributed by atoms with Gasteiger partial charge in [-0.05, 0) is 43.7 Å². The minimum absolute atomic E-state index is 0.396. The Labute approximate surface area is 119 Å². The first kappa shape index (κ1) is 15.8. The molecule has 0 radical (unpaired) electrons. The van der Waals surface area contributed by atoms with Crippen LogP contribution in [0.15, 0.2) is 35.9 Å². The molecule has 0 fully saturated rings. The first-order valence-corrected chi connectivity index (χ1v) is 6.27. The Bertz CT molecular complexity index is 511. The quantitative estimate of drug-likeness (QED) is 0.454. The van der Waals surface area contributed by atoms with Gasteiger partial charge in [0.1, 0.15) is 6.61 Å². The second-order valence-electron chi connectivity index (χ2n) is 4.36. The van der Waals surface area contributed by atoms with Crippen LogP contribution in [0, 0.1) is 0 Å². The Balaban J connectivity index is 2.82. The van der Waals surface area contributed by atoms with Crippen molar-refractivity contribution in [3.05, 3.63) is 41.5 Å². The zero-order valence-electron chi connectivity index (χ0n) is 12.3. The van der Waals surface area contributed by atoms with Gasteiger partial charge in [-0.1, -0.05) is 11.6 Å². The summed E-state index contributed by atoms with van der Waals surface area (Å²) >= 11 is 0. The molecule has 0 amide bonds. The third kappa shape index (κ3) is 5.18. The molecule has 4 nitrogen and oxygen atoms in total. The van der Waals surface area contributed by atoms with Gasteiger partial charge in [0, 0.05) is 6.08 Å². The molecular weight excluding hydrogens is 256 g/mol. The van der Waals surface area contributed by atoms with Gasteiger partial charge in [0.2, 0.25) is 0 Å². The Hall–Kier alpha value is -2.23. The van der Waals surface area contributed by atoms with Gasteiger partial charge < -0.3 is 14.2 Å². The van der Waals surface area contributed by atoms with E-state index < -0.39 is 5.97 Å². The number of ether oxygens (including phenoxy) is 3. The van der Waals surface area contributed by atoms with Gasteiger partial charge in [0.05, 0.1) is 14.2 Å². The number of hydrogen-bond acceptors (Lipinski definition) is 4. The summed E-state index contributed by atoms with van der Waals surface area (Å²) < 4.78 is 15.4. The van der Waals surface area contributed by atoms with E-state index in [2.05, 4.69) is 4.74 Å². The number of hydrogen-bond donors (Lipinski definition) is 0. The zero-order chi connectivity index (χ0) is 15.0. The Morgan fingerprint density at radius 1 is 1.20 bits per heavy atom. The van der Waals surface area contributed by atoms with E-state index in [1.165, 1.54) is 18.8 Å². The molecule has 0 aliphatic carbocycles. The number of carbonyl (C=O) groups is 1. The van der Waals surface area contributed by atoms with Crippen LogP contribution in [0.1, 0.15) is 19.4 Å². The summed E-state index contributed by atoms with van der Waals surface area (Å²) in [6, 6.07) is 5.46. The maximum absolute atomic E-state index is 11.0. The Kier molecular flexibility index (Phi) is 6.37. The normalized spacial score (nSPS) is 10.2. The molecule has 0 spiro atoms. The third-order valence-corrected chi connectivity index (χ3v) is 2.53. The van der Waals surface area contributed by atoms with Crippen LogP contribution in [0.2, 0.25) is 0 Å². The first-order valence-electron chi connectivity index (χ1n) is 6.27. The summed E-state index contributed by atoms with van der Waals surface area (Å²) in [6.45, 7) is 4.53. The smallest absolute Gasteiger partial charge is 0.330 e. The van der Waals surface area contributed by atoms with Gasteiger partial charge in [-0.15, -0.1) is 0 Å². The lowest BCUT2D eigenvalue weighted by molar-refractivity contribution is -0.134. The van der Waals surface area contributed by atoms with Crippen LogP contribution in [0.3, 0.4) is 0 Å². The topological polar surface area (TPSA) is 44.8 Å². The molecule has 0 saturated carbocycles. The molecule has 1 aromatic carbocycles. The van der Waals surface area contributed by atoms with E-state index in [1.54, 1.807) is 19.3 Å². The predicted molar refractivity (Wildman–Crippen MR) is 79.0 cm³/mol.